The summed E-state index contributed by atoms with van der Waals surface area (Å²) in [6.07, 6.45) is 3.25. The summed E-state index contributed by atoms with van der Waals surface area (Å²) in [4.78, 5) is 14.0. The molecule has 0 bridgehead atoms. The van der Waals surface area contributed by atoms with E-state index >= 15 is 0 Å². The Balaban J connectivity index is 1.98. The van der Waals surface area contributed by atoms with Crippen molar-refractivity contribution in [2.45, 2.75) is 44.7 Å². The standard InChI is InChI=1S/C15H21FN2O/c1-11(17)9-15(19)18-8-2-3-14(18)10-12-4-6-13(16)7-5-12/h4-7,11,14H,2-3,8-10,17H2,1H3. The van der Waals surface area contributed by atoms with Gasteiger partial charge in [-0.1, -0.05) is 12.1 Å². The molecule has 19 heavy (non-hydrogen) atoms. The minimum Gasteiger partial charge on any atom is -0.339 e. The molecule has 1 aliphatic rings. The minimum absolute atomic E-state index is 0.0976. The van der Waals surface area contributed by atoms with Gasteiger partial charge < -0.3 is 10.6 Å². The van der Waals surface area contributed by atoms with Gasteiger partial charge in [0.15, 0.2) is 0 Å². The normalized spacial score (nSPS) is 20.6. The molecule has 4 heteroatoms. The number of carbonyl (C=O) groups excluding carboxylic acids is 1. The molecular weight excluding hydrogens is 243 g/mol. The first-order valence-corrected chi connectivity index (χ1v) is 6.86. The van der Waals surface area contributed by atoms with E-state index < -0.39 is 0 Å². The lowest BCUT2D eigenvalue weighted by Crippen LogP contribution is -2.39. The van der Waals surface area contributed by atoms with Crippen molar-refractivity contribution in [2.24, 2.45) is 5.73 Å². The largest absolute Gasteiger partial charge is 0.339 e. The summed E-state index contributed by atoms with van der Waals surface area (Å²) in [6.45, 7) is 2.67. The number of carbonyl (C=O) groups is 1. The zero-order valence-corrected chi connectivity index (χ0v) is 11.3. The van der Waals surface area contributed by atoms with Crippen LogP contribution in [0.4, 0.5) is 4.39 Å². The number of halogens is 1. The smallest absolute Gasteiger partial charge is 0.224 e. The lowest BCUT2D eigenvalue weighted by Gasteiger charge is -2.25. The molecule has 0 radical (unpaired) electrons. The fourth-order valence-corrected chi connectivity index (χ4v) is 2.66. The summed E-state index contributed by atoms with van der Waals surface area (Å²) in [5, 5.41) is 0. The molecule has 1 saturated heterocycles. The quantitative estimate of drug-likeness (QED) is 0.905. The van der Waals surface area contributed by atoms with E-state index in [-0.39, 0.29) is 23.8 Å². The Morgan fingerprint density at radius 2 is 2.16 bits per heavy atom. The Hall–Kier alpha value is -1.42. The number of likely N-dealkylation sites (tertiary alicyclic amines) is 1. The van der Waals surface area contributed by atoms with E-state index in [1.54, 1.807) is 12.1 Å². The lowest BCUT2D eigenvalue weighted by molar-refractivity contribution is -0.132. The highest BCUT2D eigenvalue weighted by molar-refractivity contribution is 5.77. The van der Waals surface area contributed by atoms with Gasteiger partial charge in [0.25, 0.3) is 0 Å². The molecule has 0 aliphatic carbocycles. The van der Waals surface area contributed by atoms with Crippen molar-refractivity contribution < 1.29 is 9.18 Å². The average Bonchev–Trinajstić information content (AvgIpc) is 2.79. The van der Waals surface area contributed by atoms with E-state index in [2.05, 4.69) is 0 Å². The maximum absolute atomic E-state index is 12.9. The Morgan fingerprint density at radius 1 is 1.47 bits per heavy atom. The molecule has 2 atom stereocenters. The van der Waals surface area contributed by atoms with Crippen molar-refractivity contribution in [3.05, 3.63) is 35.6 Å². The zero-order chi connectivity index (χ0) is 13.8. The van der Waals surface area contributed by atoms with Gasteiger partial charge >= 0.3 is 0 Å². The van der Waals surface area contributed by atoms with E-state index in [4.69, 9.17) is 5.73 Å². The van der Waals surface area contributed by atoms with Gasteiger partial charge in [-0.25, -0.2) is 4.39 Å². The van der Waals surface area contributed by atoms with Gasteiger partial charge in [-0.05, 0) is 43.9 Å². The van der Waals surface area contributed by atoms with Crippen LogP contribution in [0.15, 0.2) is 24.3 Å². The predicted molar refractivity (Wildman–Crippen MR) is 73.1 cm³/mol. The van der Waals surface area contributed by atoms with Gasteiger partial charge in [-0.3, -0.25) is 4.79 Å². The molecule has 1 aromatic rings. The number of amides is 1. The average molecular weight is 264 g/mol. The Bertz CT molecular complexity index is 430. The van der Waals surface area contributed by atoms with Crippen molar-refractivity contribution in [2.75, 3.05) is 6.54 Å². The van der Waals surface area contributed by atoms with Crippen LogP contribution in [-0.2, 0) is 11.2 Å². The molecule has 3 nitrogen and oxygen atoms in total. The molecule has 0 aromatic heterocycles. The second-order valence-corrected chi connectivity index (χ2v) is 5.40. The molecular formula is C15H21FN2O. The summed E-state index contributed by atoms with van der Waals surface area (Å²) >= 11 is 0. The van der Waals surface area contributed by atoms with Crippen LogP contribution in [0.3, 0.4) is 0 Å². The highest BCUT2D eigenvalue weighted by Gasteiger charge is 2.28. The number of nitrogens with two attached hydrogens (primary N) is 1. The van der Waals surface area contributed by atoms with Gasteiger partial charge in [-0.15, -0.1) is 0 Å². The predicted octanol–water partition coefficient (Wildman–Crippen LogP) is 2.10. The fraction of sp³-hybridized carbons (Fsp3) is 0.533. The third kappa shape index (κ3) is 3.77. The SMILES string of the molecule is CC(N)CC(=O)N1CCCC1Cc1ccc(F)cc1. The molecule has 1 amide bonds. The minimum atomic E-state index is -0.222. The number of benzene rings is 1. The highest BCUT2D eigenvalue weighted by atomic mass is 19.1. The fourth-order valence-electron chi connectivity index (χ4n) is 2.66. The third-order valence-electron chi connectivity index (χ3n) is 3.58. The molecule has 0 spiro atoms. The molecule has 1 fully saturated rings. The monoisotopic (exact) mass is 264 g/mol. The molecule has 2 rings (SSSR count). The first kappa shape index (κ1) is 14.0. The molecule has 1 heterocycles. The van der Waals surface area contributed by atoms with E-state index in [0.717, 1.165) is 31.4 Å². The molecule has 1 aliphatic heterocycles. The first-order chi connectivity index (χ1) is 9.06. The summed E-state index contributed by atoms with van der Waals surface area (Å²) in [6, 6.07) is 6.66. The topological polar surface area (TPSA) is 46.3 Å². The molecule has 0 saturated carbocycles. The molecule has 104 valence electrons. The van der Waals surface area contributed by atoms with Crippen molar-refractivity contribution in [3.63, 3.8) is 0 Å². The Morgan fingerprint density at radius 3 is 2.79 bits per heavy atom. The highest BCUT2D eigenvalue weighted by Crippen LogP contribution is 2.22. The molecule has 1 aromatic carbocycles. The van der Waals surface area contributed by atoms with Crippen LogP contribution in [0, 0.1) is 5.82 Å². The van der Waals surface area contributed by atoms with E-state index in [1.165, 1.54) is 12.1 Å². The van der Waals surface area contributed by atoms with Crippen LogP contribution < -0.4 is 5.73 Å². The van der Waals surface area contributed by atoms with Crippen LogP contribution in [0.1, 0.15) is 31.7 Å². The molecule has 2 N–H and O–H groups in total. The van der Waals surface area contributed by atoms with E-state index in [1.807, 2.05) is 11.8 Å². The Labute approximate surface area is 113 Å². The van der Waals surface area contributed by atoms with Crippen LogP contribution >= 0.6 is 0 Å². The van der Waals surface area contributed by atoms with Gasteiger partial charge in [-0.2, -0.15) is 0 Å². The van der Waals surface area contributed by atoms with Crippen LogP contribution in [-0.4, -0.2) is 29.4 Å². The lowest BCUT2D eigenvalue weighted by atomic mass is 10.0. The maximum atomic E-state index is 12.9. The number of rotatable bonds is 4. The summed E-state index contributed by atoms with van der Waals surface area (Å²) in [5.74, 6) is -0.0836. The second kappa shape index (κ2) is 6.15. The van der Waals surface area contributed by atoms with Crippen LogP contribution in [0.25, 0.3) is 0 Å². The van der Waals surface area contributed by atoms with Gasteiger partial charge in [0.2, 0.25) is 5.91 Å². The van der Waals surface area contributed by atoms with Gasteiger partial charge in [0.1, 0.15) is 5.82 Å². The summed E-state index contributed by atoms with van der Waals surface area (Å²) in [5.41, 5.74) is 6.76. The van der Waals surface area contributed by atoms with Crippen molar-refractivity contribution in [1.82, 2.24) is 4.90 Å². The van der Waals surface area contributed by atoms with Crippen molar-refractivity contribution >= 4 is 5.91 Å². The zero-order valence-electron chi connectivity index (χ0n) is 11.3. The van der Waals surface area contributed by atoms with Gasteiger partial charge in [0, 0.05) is 25.0 Å². The third-order valence-corrected chi connectivity index (χ3v) is 3.58. The maximum Gasteiger partial charge on any atom is 0.224 e. The van der Waals surface area contributed by atoms with Gasteiger partial charge in [0.05, 0.1) is 0 Å². The van der Waals surface area contributed by atoms with Crippen LogP contribution in [0.5, 0.6) is 0 Å². The first-order valence-electron chi connectivity index (χ1n) is 6.86. The Kier molecular flexibility index (Phi) is 4.53. The number of nitrogens with zero attached hydrogens (tertiary/aromatic N) is 1. The summed E-state index contributed by atoms with van der Waals surface area (Å²) in [7, 11) is 0. The van der Waals surface area contributed by atoms with Crippen molar-refractivity contribution in [3.8, 4) is 0 Å². The molecule has 2 unspecified atom stereocenters. The second-order valence-electron chi connectivity index (χ2n) is 5.40. The number of hydrogen-bond donors (Lipinski definition) is 1. The number of hydrogen-bond acceptors (Lipinski definition) is 2. The van der Waals surface area contributed by atoms with E-state index in [9.17, 15) is 9.18 Å². The van der Waals surface area contributed by atoms with Crippen LogP contribution in [0.2, 0.25) is 0 Å². The summed E-state index contributed by atoms with van der Waals surface area (Å²) < 4.78 is 12.9. The van der Waals surface area contributed by atoms with Crippen molar-refractivity contribution in [1.29, 1.82) is 0 Å². The van der Waals surface area contributed by atoms with E-state index in [0.29, 0.717) is 6.42 Å².